The summed E-state index contributed by atoms with van der Waals surface area (Å²) in [5.41, 5.74) is 1.84. The van der Waals surface area contributed by atoms with Crippen LogP contribution in [-0.2, 0) is 62.4 Å². The number of esters is 2. The van der Waals surface area contributed by atoms with Gasteiger partial charge in [-0.2, -0.15) is 0 Å². The molecule has 0 aliphatic carbocycles. The Balaban J connectivity index is 1.90. The minimum Gasteiger partial charge on any atom is -0.464 e. The Morgan fingerprint density at radius 1 is 0.475 bits per heavy atom. The lowest BCUT2D eigenvalue weighted by Crippen LogP contribution is -2.32. The molecule has 10 unspecified atom stereocenters. The van der Waals surface area contributed by atoms with Crippen LogP contribution in [0.5, 0.6) is 11.5 Å². The zero-order chi connectivity index (χ0) is 44.8. The van der Waals surface area contributed by atoms with E-state index in [0.29, 0.717) is 21.5 Å². The molecule has 0 bridgehead atoms. The number of halogens is 2. The van der Waals surface area contributed by atoms with Crippen LogP contribution in [0.3, 0.4) is 0 Å². The highest BCUT2D eigenvalue weighted by Gasteiger charge is 2.27. The van der Waals surface area contributed by atoms with Crippen LogP contribution in [0.4, 0.5) is 0 Å². The van der Waals surface area contributed by atoms with Crippen LogP contribution >= 0.6 is 23.2 Å². The van der Waals surface area contributed by atoms with Crippen molar-refractivity contribution in [2.45, 2.75) is 165 Å². The average molecular weight is 874 g/mol. The van der Waals surface area contributed by atoms with Crippen LogP contribution in [0.25, 0.3) is 0 Å². The summed E-state index contributed by atoms with van der Waals surface area (Å²) in [7, 11) is 0. The summed E-state index contributed by atoms with van der Waals surface area (Å²) in [6, 6.07) is 11.1. The summed E-state index contributed by atoms with van der Waals surface area (Å²) < 4.78 is 67.8. The van der Waals surface area contributed by atoms with Crippen molar-refractivity contribution in [3.05, 3.63) is 81.9 Å². The third-order valence-corrected chi connectivity index (χ3v) is 8.79. The number of hydrogen-bond donors (Lipinski definition) is 0. The monoisotopic (exact) mass is 872 g/mol. The van der Waals surface area contributed by atoms with E-state index in [-0.39, 0.29) is 11.1 Å². The number of carbonyl (C=O) groups excluding carboxylic acids is 2. The molecule has 10 atom stereocenters. The van der Waals surface area contributed by atoms with E-state index in [9.17, 15) is 9.59 Å². The van der Waals surface area contributed by atoms with E-state index in [1.165, 1.54) is 0 Å². The molecule has 14 nitrogen and oxygen atoms in total. The normalized spacial score (nSPS) is 16.9. The van der Waals surface area contributed by atoms with E-state index in [1.54, 1.807) is 95.2 Å². The fourth-order valence-corrected chi connectivity index (χ4v) is 5.91. The second-order valence-corrected chi connectivity index (χ2v) is 15.1. The van der Waals surface area contributed by atoms with Gasteiger partial charge >= 0.3 is 11.9 Å². The second-order valence-electron chi connectivity index (χ2n) is 14.3. The molecule has 2 rings (SSSR count). The lowest BCUT2D eigenvalue weighted by atomic mass is 9.78. The van der Waals surface area contributed by atoms with Crippen LogP contribution in [0.15, 0.2) is 60.7 Å². The van der Waals surface area contributed by atoms with Gasteiger partial charge in [-0.3, -0.25) is 0 Å². The molecule has 0 aliphatic rings. The molecule has 0 aromatic heterocycles. The maximum Gasteiger partial charge on any atom is 0.335 e. The van der Waals surface area contributed by atoms with Gasteiger partial charge in [0.25, 0.3) is 0 Å². The van der Waals surface area contributed by atoms with Gasteiger partial charge < -0.3 is 56.8 Å². The molecule has 332 valence electrons. The summed E-state index contributed by atoms with van der Waals surface area (Å²) in [6.07, 6.45) is -7.52. The first kappa shape index (κ1) is 51.9. The van der Waals surface area contributed by atoms with Crippen molar-refractivity contribution in [1.82, 2.24) is 0 Å². The Labute approximate surface area is 359 Å². The number of carbonyl (C=O) groups is 2. The Bertz CT molecular complexity index is 1570. The molecular formula is C43H62Cl2O14. The minimum atomic E-state index is -0.844. The molecule has 0 amide bonds. The highest BCUT2D eigenvalue weighted by atomic mass is 35.5. The molecule has 0 fully saturated rings. The van der Waals surface area contributed by atoms with Crippen molar-refractivity contribution in [3.63, 3.8) is 0 Å². The Morgan fingerprint density at radius 2 is 0.729 bits per heavy atom. The van der Waals surface area contributed by atoms with Gasteiger partial charge in [-0.15, -0.1) is 0 Å². The molecule has 59 heavy (non-hydrogen) atoms. The molecule has 2 aromatic carbocycles. The summed E-state index contributed by atoms with van der Waals surface area (Å²) >= 11 is 13.4. The minimum absolute atomic E-state index is 0.264. The van der Waals surface area contributed by atoms with Crippen molar-refractivity contribution in [3.8, 4) is 11.5 Å². The molecule has 0 spiro atoms. The first-order valence-corrected chi connectivity index (χ1v) is 20.0. The first-order chi connectivity index (χ1) is 27.4. The van der Waals surface area contributed by atoms with E-state index in [4.69, 9.17) is 80.0 Å². The van der Waals surface area contributed by atoms with Gasteiger partial charge in [0.2, 0.25) is 12.6 Å². The average Bonchev–Trinajstić information content (AvgIpc) is 3.08. The lowest BCUT2D eigenvalue weighted by Gasteiger charge is -2.28. The van der Waals surface area contributed by atoms with Gasteiger partial charge in [0.15, 0.2) is 50.3 Å². The van der Waals surface area contributed by atoms with Crippen molar-refractivity contribution in [1.29, 1.82) is 0 Å². The standard InChI is InChI=1S/C43H62Cl2O14/c1-23(2)41(46)58-33(13)54-29(9)50-25(5)48-27(7)52-31(11)56-39-19-17-35(21-37(39)44)43(15,16)36-18-20-40(38(45)22-36)57-32(12)53-28(8)49-26(6)51-30(10)55-34(14)59-42(47)24(3)4/h17-22,25-34H,1,3H2,2,4-16H3. The molecule has 0 saturated heterocycles. The number of hydrogen-bond acceptors (Lipinski definition) is 14. The molecule has 0 saturated carbocycles. The summed E-state index contributed by atoms with van der Waals surface area (Å²) in [4.78, 5) is 23.4. The van der Waals surface area contributed by atoms with Crippen molar-refractivity contribution >= 4 is 35.1 Å². The molecule has 0 aliphatic heterocycles. The van der Waals surface area contributed by atoms with Crippen molar-refractivity contribution in [2.75, 3.05) is 0 Å². The van der Waals surface area contributed by atoms with Gasteiger partial charge in [0.1, 0.15) is 11.5 Å². The van der Waals surface area contributed by atoms with Crippen molar-refractivity contribution in [2.24, 2.45) is 0 Å². The second kappa shape index (κ2) is 24.2. The van der Waals surface area contributed by atoms with Gasteiger partial charge in [-0.1, -0.05) is 62.3 Å². The molecule has 16 heteroatoms. The number of ether oxygens (including phenoxy) is 12. The molecule has 0 N–H and O–H groups in total. The first-order valence-electron chi connectivity index (χ1n) is 19.3. The largest absolute Gasteiger partial charge is 0.464 e. The van der Waals surface area contributed by atoms with E-state index >= 15 is 0 Å². The quantitative estimate of drug-likeness (QED) is 0.0502. The van der Waals surface area contributed by atoms with Gasteiger partial charge in [0.05, 0.1) is 10.0 Å². The van der Waals surface area contributed by atoms with E-state index in [1.807, 2.05) is 24.3 Å². The molecule has 2 aromatic rings. The topological polar surface area (TPSA) is 145 Å². The van der Waals surface area contributed by atoms with Gasteiger partial charge in [0, 0.05) is 16.6 Å². The number of benzene rings is 2. The third-order valence-electron chi connectivity index (χ3n) is 8.20. The van der Waals surface area contributed by atoms with Crippen molar-refractivity contribution < 1.29 is 66.4 Å². The smallest absolute Gasteiger partial charge is 0.335 e. The fourth-order valence-electron chi connectivity index (χ4n) is 5.46. The van der Waals surface area contributed by atoms with Crippen LogP contribution < -0.4 is 9.47 Å². The molecule has 0 radical (unpaired) electrons. The Morgan fingerprint density at radius 3 is 0.983 bits per heavy atom. The fraction of sp³-hybridized carbons (Fsp3) is 0.581. The molecule has 0 heterocycles. The number of rotatable bonds is 26. The zero-order valence-electron chi connectivity index (χ0n) is 36.6. The van der Waals surface area contributed by atoms with E-state index in [2.05, 4.69) is 27.0 Å². The Hall–Kier alpha value is -3.28. The zero-order valence-corrected chi connectivity index (χ0v) is 38.1. The lowest BCUT2D eigenvalue weighted by molar-refractivity contribution is -0.314. The van der Waals surface area contributed by atoms with Crippen LogP contribution in [0.2, 0.25) is 10.0 Å². The predicted octanol–water partition coefficient (Wildman–Crippen LogP) is 9.91. The van der Waals surface area contributed by atoms with Crippen LogP contribution in [0.1, 0.15) is 108 Å². The molecular weight excluding hydrogens is 811 g/mol. The predicted molar refractivity (Wildman–Crippen MR) is 221 cm³/mol. The summed E-state index contributed by atoms with van der Waals surface area (Å²) in [5, 5.41) is 0.773. The third kappa shape index (κ3) is 18.5. The van der Waals surface area contributed by atoms with Gasteiger partial charge in [-0.25, -0.2) is 9.59 Å². The van der Waals surface area contributed by atoms with Crippen LogP contribution in [0, 0.1) is 0 Å². The van der Waals surface area contributed by atoms with Crippen LogP contribution in [-0.4, -0.2) is 74.8 Å². The van der Waals surface area contributed by atoms with Gasteiger partial charge in [-0.05, 0) is 118 Å². The maximum absolute atomic E-state index is 11.7. The maximum atomic E-state index is 11.7. The highest BCUT2D eigenvalue weighted by molar-refractivity contribution is 6.32. The van der Waals surface area contributed by atoms with E-state index < -0.39 is 80.3 Å². The highest BCUT2D eigenvalue weighted by Crippen LogP contribution is 2.39. The summed E-state index contributed by atoms with van der Waals surface area (Å²) in [6.45, 7) is 31.0. The summed E-state index contributed by atoms with van der Waals surface area (Å²) in [5.74, 6) is -0.275. The van der Waals surface area contributed by atoms with E-state index in [0.717, 1.165) is 11.1 Å². The Kier molecular flexibility index (Phi) is 21.3. The SMILES string of the molecule is C=C(C)C(=O)OC(C)OC(C)OC(C)OC(C)OC(C)Oc1ccc(C(C)(C)c2ccc(OC(C)OC(C)OC(C)OC(C)OC(C)OC(=O)C(=C)C)c(Cl)c2)cc1Cl.